The molecule has 8 nitrogen and oxygen atoms in total. The minimum atomic E-state index is -0.311. The van der Waals surface area contributed by atoms with Crippen LogP contribution in [0, 0.1) is 22.2 Å². The summed E-state index contributed by atoms with van der Waals surface area (Å²) < 4.78 is 12.0. The summed E-state index contributed by atoms with van der Waals surface area (Å²) in [6.07, 6.45) is 0.760. The van der Waals surface area contributed by atoms with E-state index < -0.39 is 0 Å². The number of rotatable bonds is 11. The Balaban J connectivity index is 1.29. The van der Waals surface area contributed by atoms with E-state index in [1.165, 1.54) is 0 Å². The summed E-state index contributed by atoms with van der Waals surface area (Å²) in [4.78, 5) is 18.1. The third-order valence-electron chi connectivity index (χ3n) is 8.34. The maximum absolute atomic E-state index is 13.3. The van der Waals surface area contributed by atoms with Gasteiger partial charge in [-0.25, -0.2) is 0 Å². The maximum Gasteiger partial charge on any atom is 0.251 e. The van der Waals surface area contributed by atoms with Gasteiger partial charge in [0.15, 0.2) is 0 Å². The van der Waals surface area contributed by atoms with Crippen molar-refractivity contribution in [3.05, 3.63) is 58.6 Å². The average molecular weight is 568 g/mol. The molecule has 40 heavy (non-hydrogen) atoms. The Bertz CT molecular complexity index is 1190. The first-order valence-corrected chi connectivity index (χ1v) is 14.5. The summed E-state index contributed by atoms with van der Waals surface area (Å²) in [7, 11) is 0. The molecule has 1 aliphatic heterocycles. The zero-order valence-corrected chi connectivity index (χ0v) is 24.8. The number of nitrogens with two attached hydrogens (primary N) is 1. The summed E-state index contributed by atoms with van der Waals surface area (Å²) in [6.45, 7) is 15.4. The van der Waals surface area contributed by atoms with Crippen LogP contribution in [0.4, 0.5) is 5.69 Å². The van der Waals surface area contributed by atoms with Crippen molar-refractivity contribution in [2.75, 3.05) is 57.4 Å². The summed E-state index contributed by atoms with van der Waals surface area (Å²) in [5.74, 6) is 0.532. The van der Waals surface area contributed by atoms with E-state index in [1.807, 2.05) is 24.3 Å². The highest BCUT2D eigenvalue weighted by atomic mass is 35.5. The zero-order chi connectivity index (χ0) is 28.9. The largest absolute Gasteiger partial charge is 0.489 e. The highest BCUT2D eigenvalue weighted by molar-refractivity contribution is 6.31. The Morgan fingerprint density at radius 1 is 1.07 bits per heavy atom. The fraction of sp³-hybridized carbons (Fsp3) is 0.548. The van der Waals surface area contributed by atoms with Gasteiger partial charge in [0.1, 0.15) is 17.9 Å². The van der Waals surface area contributed by atoms with E-state index in [9.17, 15) is 4.79 Å². The van der Waals surface area contributed by atoms with Gasteiger partial charge in [0.05, 0.1) is 17.2 Å². The summed E-state index contributed by atoms with van der Waals surface area (Å²) in [5, 5.41) is 12.8. The van der Waals surface area contributed by atoms with E-state index in [-0.39, 0.29) is 28.9 Å². The Morgan fingerprint density at radius 3 is 2.35 bits per heavy atom. The van der Waals surface area contributed by atoms with Crippen molar-refractivity contribution in [1.29, 1.82) is 5.26 Å². The molecule has 1 aliphatic carbocycles. The normalized spacial score (nSPS) is 21.8. The minimum absolute atomic E-state index is 0.0848. The lowest BCUT2D eigenvalue weighted by Gasteiger charge is -2.63. The van der Waals surface area contributed by atoms with Crippen LogP contribution in [-0.4, -0.2) is 75.4 Å². The monoisotopic (exact) mass is 567 g/mol. The topological polar surface area (TPSA) is 104 Å². The number of nitrogens with one attached hydrogen (secondary N) is 1. The average Bonchev–Trinajstić information content (AvgIpc) is 2.94. The molecule has 0 aromatic heterocycles. The number of hydrogen-bond acceptors (Lipinski definition) is 7. The van der Waals surface area contributed by atoms with Gasteiger partial charge in [-0.1, -0.05) is 39.3 Å². The molecule has 0 bridgehead atoms. The Morgan fingerprint density at radius 2 is 1.75 bits per heavy atom. The van der Waals surface area contributed by atoms with E-state index in [4.69, 9.17) is 32.1 Å². The van der Waals surface area contributed by atoms with Crippen LogP contribution in [0.15, 0.2) is 42.5 Å². The number of nitriles is 1. The zero-order valence-electron chi connectivity index (χ0n) is 24.1. The molecule has 0 spiro atoms. The first-order chi connectivity index (χ1) is 19.1. The number of amides is 1. The first-order valence-electron chi connectivity index (χ1n) is 14.1. The fourth-order valence-electron chi connectivity index (χ4n) is 6.34. The van der Waals surface area contributed by atoms with Crippen LogP contribution in [0.3, 0.4) is 0 Å². The van der Waals surface area contributed by atoms with Crippen LogP contribution in [0.1, 0.15) is 50.0 Å². The van der Waals surface area contributed by atoms with Crippen molar-refractivity contribution < 1.29 is 14.3 Å². The lowest BCUT2D eigenvalue weighted by Crippen LogP contribution is -2.74. The molecule has 3 N–H and O–H groups in total. The maximum atomic E-state index is 13.3. The fourth-order valence-corrected chi connectivity index (χ4v) is 6.56. The van der Waals surface area contributed by atoms with E-state index in [2.05, 4.69) is 48.9 Å². The molecule has 1 saturated carbocycles. The van der Waals surface area contributed by atoms with E-state index >= 15 is 0 Å². The molecule has 2 aromatic carbocycles. The third kappa shape index (κ3) is 6.55. The van der Waals surface area contributed by atoms with Gasteiger partial charge in [0.25, 0.3) is 5.91 Å². The van der Waals surface area contributed by atoms with E-state index in [1.54, 1.807) is 18.2 Å². The van der Waals surface area contributed by atoms with Crippen molar-refractivity contribution in [3.63, 3.8) is 0 Å². The second-order valence-corrected chi connectivity index (χ2v) is 12.3. The molecule has 2 aromatic rings. The van der Waals surface area contributed by atoms with Crippen LogP contribution < -0.4 is 20.7 Å². The highest BCUT2D eigenvalue weighted by Gasteiger charge is 2.64. The van der Waals surface area contributed by atoms with Crippen molar-refractivity contribution in [1.82, 2.24) is 10.2 Å². The summed E-state index contributed by atoms with van der Waals surface area (Å²) >= 11 is 6.21. The van der Waals surface area contributed by atoms with Gasteiger partial charge in [-0.15, -0.1) is 0 Å². The van der Waals surface area contributed by atoms with Crippen molar-refractivity contribution >= 4 is 23.2 Å². The summed E-state index contributed by atoms with van der Waals surface area (Å²) in [5.41, 5.74) is 7.08. The van der Waals surface area contributed by atoms with Crippen LogP contribution >= 0.6 is 11.6 Å². The third-order valence-corrected chi connectivity index (χ3v) is 8.65. The number of carbonyl (C=O) groups is 1. The molecule has 1 amide bonds. The molecule has 0 unspecified atom stereocenters. The quantitative estimate of drug-likeness (QED) is 0.390. The van der Waals surface area contributed by atoms with Gasteiger partial charge in [-0.2, -0.15) is 5.26 Å². The number of ether oxygens (including phenoxy) is 2. The highest BCUT2D eigenvalue weighted by Crippen LogP contribution is 2.55. The van der Waals surface area contributed by atoms with Crippen LogP contribution in [0.2, 0.25) is 5.02 Å². The Hall–Kier alpha value is -2.83. The van der Waals surface area contributed by atoms with E-state index in [0.717, 1.165) is 58.0 Å². The number of piperazine rings is 1. The van der Waals surface area contributed by atoms with Crippen molar-refractivity contribution in [2.24, 2.45) is 16.6 Å². The van der Waals surface area contributed by atoms with Gasteiger partial charge in [-0.05, 0) is 49.4 Å². The standard InChI is InChI=1S/C31H42ClN5O3/c1-30(2)28(31(3,4)29(30)40-25-11-8-23(21-34)26(32)20-25)35-27(38)22-6-9-24(10-7-22)37-15-13-36(14-16-37)17-19-39-18-5-12-33/h6-11,20,28-29H,5,12-19,33H2,1-4H3,(H,35,38). The number of nitrogens with zero attached hydrogens (tertiary/aromatic N) is 3. The predicted molar refractivity (Wildman–Crippen MR) is 159 cm³/mol. The van der Waals surface area contributed by atoms with Crippen LogP contribution in [-0.2, 0) is 4.74 Å². The van der Waals surface area contributed by atoms with Gasteiger partial charge in [-0.3, -0.25) is 9.69 Å². The molecule has 9 heteroatoms. The van der Waals surface area contributed by atoms with E-state index in [0.29, 0.717) is 28.4 Å². The smallest absolute Gasteiger partial charge is 0.251 e. The molecule has 4 rings (SSSR count). The summed E-state index contributed by atoms with van der Waals surface area (Å²) in [6, 6.07) is 15.0. The van der Waals surface area contributed by atoms with Gasteiger partial charge >= 0.3 is 0 Å². The SMILES string of the molecule is CC1(C)C(NC(=O)c2ccc(N3CCN(CCOCCCN)CC3)cc2)C(C)(C)C1Oc1ccc(C#N)c(Cl)c1. The van der Waals surface area contributed by atoms with Crippen molar-refractivity contribution in [2.45, 2.75) is 46.3 Å². The minimum Gasteiger partial charge on any atom is -0.489 e. The second-order valence-electron chi connectivity index (χ2n) is 11.9. The molecule has 2 fully saturated rings. The lowest BCUT2D eigenvalue weighted by molar-refractivity contribution is -0.164. The molecule has 1 heterocycles. The number of carbonyl (C=O) groups excluding carboxylic acids is 1. The molecule has 0 atom stereocenters. The van der Waals surface area contributed by atoms with Gasteiger partial charge in [0.2, 0.25) is 0 Å². The molecule has 2 aliphatic rings. The number of halogens is 1. The lowest BCUT2D eigenvalue weighted by atomic mass is 9.49. The molecular formula is C31H42ClN5O3. The predicted octanol–water partition coefficient (Wildman–Crippen LogP) is 4.31. The van der Waals surface area contributed by atoms with Gasteiger partial charge in [0, 0.05) is 73.5 Å². The Labute approximate surface area is 243 Å². The Kier molecular flexibility index (Phi) is 9.63. The first kappa shape index (κ1) is 30.1. The van der Waals surface area contributed by atoms with Crippen LogP contribution in [0.25, 0.3) is 0 Å². The molecular weight excluding hydrogens is 526 g/mol. The molecule has 1 saturated heterocycles. The molecule has 216 valence electrons. The second kappa shape index (κ2) is 12.8. The van der Waals surface area contributed by atoms with Gasteiger partial charge < -0.3 is 25.4 Å². The van der Waals surface area contributed by atoms with Crippen molar-refractivity contribution in [3.8, 4) is 11.8 Å². The number of anilines is 1. The number of benzene rings is 2. The van der Waals surface area contributed by atoms with Crippen LogP contribution in [0.5, 0.6) is 5.75 Å². The molecule has 0 radical (unpaired) electrons. The number of hydrogen-bond donors (Lipinski definition) is 2.